The summed E-state index contributed by atoms with van der Waals surface area (Å²) in [6, 6.07) is 6.09. The third kappa shape index (κ3) is 8.13. The lowest BCUT2D eigenvalue weighted by Crippen LogP contribution is -2.47. The van der Waals surface area contributed by atoms with Gasteiger partial charge in [0.25, 0.3) is 0 Å². The second kappa shape index (κ2) is 13.2. The Balaban J connectivity index is 0.00000450. The number of methoxy groups -OCH3 is 2. The molecule has 1 aromatic carbocycles. The highest BCUT2D eigenvalue weighted by Gasteiger charge is 2.35. The molecule has 6 nitrogen and oxygen atoms in total. The van der Waals surface area contributed by atoms with Crippen LogP contribution in [0.25, 0.3) is 0 Å². The van der Waals surface area contributed by atoms with Gasteiger partial charge in [0.15, 0.2) is 17.5 Å². The molecule has 172 valence electrons. The number of benzene rings is 1. The first-order chi connectivity index (χ1) is 13.9. The quantitative estimate of drug-likeness (QED) is 0.226. The van der Waals surface area contributed by atoms with Gasteiger partial charge in [-0.25, -0.2) is 0 Å². The molecule has 0 aromatic heterocycles. The van der Waals surface area contributed by atoms with Gasteiger partial charge in [0, 0.05) is 32.7 Å². The summed E-state index contributed by atoms with van der Waals surface area (Å²) < 4.78 is 16.8. The number of rotatable bonds is 8. The third-order valence-electron chi connectivity index (χ3n) is 5.44. The van der Waals surface area contributed by atoms with E-state index >= 15 is 0 Å². The van der Waals surface area contributed by atoms with E-state index in [0.717, 1.165) is 56.4 Å². The number of hydrogen-bond acceptors (Lipinski definition) is 4. The SMILES string of the molecule is CN=C(NCCCc1ccc(OC)c(OC)c1)NCC1CCCOC1C(C)(C)C.I. The first kappa shape index (κ1) is 26.8. The van der Waals surface area contributed by atoms with Crippen molar-refractivity contribution in [3.05, 3.63) is 23.8 Å². The van der Waals surface area contributed by atoms with E-state index in [1.165, 1.54) is 12.0 Å². The summed E-state index contributed by atoms with van der Waals surface area (Å²) in [4.78, 5) is 4.37. The minimum absolute atomic E-state index is 0. The van der Waals surface area contributed by atoms with Crippen LogP contribution >= 0.6 is 24.0 Å². The van der Waals surface area contributed by atoms with E-state index in [1.807, 2.05) is 19.2 Å². The lowest BCUT2D eigenvalue weighted by molar-refractivity contribution is -0.0835. The Bertz CT molecular complexity index is 662. The lowest BCUT2D eigenvalue weighted by Gasteiger charge is -2.40. The van der Waals surface area contributed by atoms with E-state index < -0.39 is 0 Å². The molecule has 1 heterocycles. The minimum atomic E-state index is 0. The zero-order valence-electron chi connectivity index (χ0n) is 19.4. The Hall–Kier alpha value is -1.22. The van der Waals surface area contributed by atoms with Crippen LogP contribution in [0.4, 0.5) is 0 Å². The average molecular weight is 533 g/mol. The molecule has 2 N–H and O–H groups in total. The molecule has 2 rings (SSSR count). The largest absolute Gasteiger partial charge is 0.493 e. The number of aryl methyl sites for hydroxylation is 1. The summed E-state index contributed by atoms with van der Waals surface area (Å²) >= 11 is 0. The molecule has 7 heteroatoms. The van der Waals surface area contributed by atoms with Crippen LogP contribution in [-0.2, 0) is 11.2 Å². The molecule has 0 amide bonds. The van der Waals surface area contributed by atoms with Crippen LogP contribution < -0.4 is 20.1 Å². The van der Waals surface area contributed by atoms with Gasteiger partial charge in [-0.15, -0.1) is 24.0 Å². The molecule has 1 aliphatic heterocycles. The van der Waals surface area contributed by atoms with Crippen molar-refractivity contribution in [2.24, 2.45) is 16.3 Å². The highest BCUT2D eigenvalue weighted by Crippen LogP contribution is 2.33. The van der Waals surface area contributed by atoms with Gasteiger partial charge in [-0.3, -0.25) is 4.99 Å². The Labute approximate surface area is 199 Å². The van der Waals surface area contributed by atoms with E-state index in [4.69, 9.17) is 14.2 Å². The summed E-state index contributed by atoms with van der Waals surface area (Å²) in [7, 11) is 5.14. The number of hydrogen-bond donors (Lipinski definition) is 2. The second-order valence-corrected chi connectivity index (χ2v) is 8.73. The monoisotopic (exact) mass is 533 g/mol. The highest BCUT2D eigenvalue weighted by atomic mass is 127. The molecule has 2 atom stereocenters. The Morgan fingerprint density at radius 1 is 1.17 bits per heavy atom. The van der Waals surface area contributed by atoms with Crippen LogP contribution in [0.15, 0.2) is 23.2 Å². The summed E-state index contributed by atoms with van der Waals surface area (Å²) in [5.74, 6) is 2.90. The fourth-order valence-corrected chi connectivity index (χ4v) is 3.99. The normalized spacial score (nSPS) is 19.6. The highest BCUT2D eigenvalue weighted by molar-refractivity contribution is 14.0. The molecule has 2 unspecified atom stereocenters. The van der Waals surface area contributed by atoms with Crippen molar-refractivity contribution >= 4 is 29.9 Å². The van der Waals surface area contributed by atoms with Gasteiger partial charge in [-0.2, -0.15) is 0 Å². The van der Waals surface area contributed by atoms with E-state index in [9.17, 15) is 0 Å². The zero-order valence-corrected chi connectivity index (χ0v) is 21.7. The minimum Gasteiger partial charge on any atom is -0.493 e. The van der Waals surface area contributed by atoms with Gasteiger partial charge in [-0.05, 0) is 48.8 Å². The van der Waals surface area contributed by atoms with Crippen LogP contribution in [0.3, 0.4) is 0 Å². The molecule has 30 heavy (non-hydrogen) atoms. The molecule has 0 saturated carbocycles. The molecule has 0 aliphatic carbocycles. The third-order valence-corrected chi connectivity index (χ3v) is 5.44. The van der Waals surface area contributed by atoms with Crippen molar-refractivity contribution in [2.75, 3.05) is 41.0 Å². The molecule has 0 radical (unpaired) electrons. The molecular weight excluding hydrogens is 493 g/mol. The number of nitrogens with one attached hydrogen (secondary N) is 2. The Kier molecular flexibility index (Phi) is 11.8. The first-order valence-corrected chi connectivity index (χ1v) is 10.7. The van der Waals surface area contributed by atoms with Gasteiger partial charge in [0.05, 0.1) is 20.3 Å². The predicted octanol–water partition coefficient (Wildman–Crippen LogP) is 4.26. The number of guanidine groups is 1. The van der Waals surface area contributed by atoms with Crippen molar-refractivity contribution in [1.29, 1.82) is 0 Å². The van der Waals surface area contributed by atoms with Gasteiger partial charge in [0.1, 0.15) is 0 Å². The number of nitrogens with zero attached hydrogens (tertiary/aromatic N) is 1. The van der Waals surface area contributed by atoms with E-state index in [-0.39, 0.29) is 35.5 Å². The smallest absolute Gasteiger partial charge is 0.190 e. The number of aliphatic imine (C=N–C) groups is 1. The lowest BCUT2D eigenvalue weighted by atomic mass is 9.78. The van der Waals surface area contributed by atoms with Crippen LogP contribution in [-0.4, -0.2) is 53.0 Å². The predicted molar refractivity (Wildman–Crippen MR) is 135 cm³/mol. The summed E-state index contributed by atoms with van der Waals surface area (Å²) in [5.41, 5.74) is 1.39. The maximum atomic E-state index is 6.08. The summed E-state index contributed by atoms with van der Waals surface area (Å²) in [5, 5.41) is 6.92. The standard InChI is InChI=1S/C23H39N3O3.HI/c1-23(2,3)21-18(10-8-14-29-21)16-26-22(24-4)25-13-7-9-17-11-12-19(27-5)20(15-17)28-6;/h11-12,15,18,21H,7-10,13-14,16H2,1-6H3,(H2,24,25,26);1H. The van der Waals surface area contributed by atoms with Gasteiger partial charge < -0.3 is 24.8 Å². The van der Waals surface area contributed by atoms with Gasteiger partial charge in [-0.1, -0.05) is 26.8 Å². The first-order valence-electron chi connectivity index (χ1n) is 10.7. The van der Waals surface area contributed by atoms with Gasteiger partial charge in [0.2, 0.25) is 0 Å². The topological polar surface area (TPSA) is 64.1 Å². The second-order valence-electron chi connectivity index (χ2n) is 8.73. The van der Waals surface area contributed by atoms with Crippen molar-refractivity contribution in [3.8, 4) is 11.5 Å². The maximum absolute atomic E-state index is 6.08. The number of ether oxygens (including phenoxy) is 3. The van der Waals surface area contributed by atoms with Crippen LogP contribution in [0, 0.1) is 11.3 Å². The van der Waals surface area contributed by atoms with E-state index in [2.05, 4.69) is 42.5 Å². The average Bonchev–Trinajstić information content (AvgIpc) is 2.72. The molecule has 1 fully saturated rings. The summed E-state index contributed by atoms with van der Waals surface area (Å²) in [6.45, 7) is 9.41. The van der Waals surface area contributed by atoms with E-state index in [0.29, 0.717) is 5.92 Å². The van der Waals surface area contributed by atoms with Crippen LogP contribution in [0.1, 0.15) is 45.6 Å². The number of halogens is 1. The summed E-state index contributed by atoms with van der Waals surface area (Å²) in [6.07, 6.45) is 4.59. The van der Waals surface area contributed by atoms with Crippen molar-refractivity contribution < 1.29 is 14.2 Å². The fraction of sp³-hybridized carbons (Fsp3) is 0.696. The van der Waals surface area contributed by atoms with Gasteiger partial charge >= 0.3 is 0 Å². The molecule has 1 aliphatic rings. The molecule has 1 aromatic rings. The Morgan fingerprint density at radius 2 is 1.90 bits per heavy atom. The fourth-order valence-electron chi connectivity index (χ4n) is 3.99. The van der Waals surface area contributed by atoms with Crippen LogP contribution in [0.2, 0.25) is 0 Å². The van der Waals surface area contributed by atoms with Crippen LogP contribution in [0.5, 0.6) is 11.5 Å². The molecule has 0 bridgehead atoms. The van der Waals surface area contributed by atoms with Crippen molar-refractivity contribution in [2.45, 2.75) is 52.6 Å². The molecular formula is C23H40IN3O3. The molecule has 0 spiro atoms. The van der Waals surface area contributed by atoms with Crippen molar-refractivity contribution in [1.82, 2.24) is 10.6 Å². The maximum Gasteiger partial charge on any atom is 0.190 e. The Morgan fingerprint density at radius 3 is 2.53 bits per heavy atom. The van der Waals surface area contributed by atoms with Crippen molar-refractivity contribution in [3.63, 3.8) is 0 Å². The molecule has 1 saturated heterocycles. The zero-order chi connectivity index (χ0) is 21.3. The van der Waals surface area contributed by atoms with E-state index in [1.54, 1.807) is 14.2 Å².